The molecule has 15 unspecified atom stereocenters. The van der Waals surface area contributed by atoms with Crippen LogP contribution in [0.15, 0.2) is 65.8 Å². The minimum absolute atomic E-state index is 0.0207. The van der Waals surface area contributed by atoms with E-state index in [1.807, 2.05) is 56.3 Å². The van der Waals surface area contributed by atoms with Crippen LogP contribution in [0.1, 0.15) is 106 Å². The van der Waals surface area contributed by atoms with Crippen molar-refractivity contribution in [3.05, 3.63) is 65.8 Å². The Morgan fingerprint density at radius 2 is 1.58 bits per heavy atom. The molecule has 2 saturated heterocycles. The SMILES string of the molecule is CCC1/C=C(\C)C(F)C(C)CC(OC)C2OC(O)(C(=O)C(=O)N3CCCCC3C(=O)OC(C(C)=CC3CCC(Oc4ccc5ccccc5c4)C(OC)C3)C(C)C(O)CC1=O)C(C)CC2OC. The number of nitrogens with zero attached hydrogens (tertiary/aromatic N) is 1. The van der Waals surface area contributed by atoms with Gasteiger partial charge in [0.1, 0.15) is 42.1 Å². The highest BCUT2D eigenvalue weighted by atomic mass is 19.1. The molecule has 13 nitrogen and oxygen atoms in total. The molecule has 6 rings (SSSR count). The highest BCUT2D eigenvalue weighted by Gasteiger charge is 2.57. The van der Waals surface area contributed by atoms with Crippen molar-refractivity contribution in [1.82, 2.24) is 4.90 Å². The van der Waals surface area contributed by atoms with E-state index in [1.165, 1.54) is 14.2 Å². The number of Topliss-reactive ketones (excluding diaryl/α,β-unsaturated/α-hetero) is 2. The number of rotatable bonds is 8. The average molecular weight is 936 g/mol. The number of aliphatic hydroxyl groups is 2. The molecule has 3 heterocycles. The van der Waals surface area contributed by atoms with Crippen molar-refractivity contribution in [3.8, 4) is 5.75 Å². The number of halogens is 1. The van der Waals surface area contributed by atoms with Crippen molar-refractivity contribution in [2.75, 3.05) is 27.9 Å². The lowest BCUT2D eigenvalue weighted by molar-refractivity contribution is -0.302. The molecule has 1 aliphatic carbocycles. The zero-order valence-electron chi connectivity index (χ0n) is 40.9. The van der Waals surface area contributed by atoms with Gasteiger partial charge in [0, 0.05) is 52.0 Å². The van der Waals surface area contributed by atoms with Gasteiger partial charge >= 0.3 is 5.97 Å². The fraction of sp³-hybridized carbons (Fsp3) is 0.660. The van der Waals surface area contributed by atoms with E-state index in [0.29, 0.717) is 43.3 Å². The third kappa shape index (κ3) is 11.9. The molecule has 2 bridgehead atoms. The summed E-state index contributed by atoms with van der Waals surface area (Å²) in [4.78, 5) is 58.4. The molecule has 0 aromatic heterocycles. The van der Waals surface area contributed by atoms with Crippen LogP contribution in [0.4, 0.5) is 4.39 Å². The molecule has 3 aliphatic heterocycles. The summed E-state index contributed by atoms with van der Waals surface area (Å²) in [5.74, 6) is -8.33. The number of cyclic esters (lactones) is 1. The number of piperidine rings is 1. The van der Waals surface area contributed by atoms with E-state index in [-0.39, 0.29) is 56.1 Å². The third-order valence-electron chi connectivity index (χ3n) is 15.1. The number of fused-ring (bicyclic) bond motifs is 4. The minimum Gasteiger partial charge on any atom is -0.488 e. The quantitative estimate of drug-likeness (QED) is 0.151. The number of benzene rings is 2. The van der Waals surface area contributed by atoms with Gasteiger partial charge in [-0.15, -0.1) is 0 Å². The van der Waals surface area contributed by atoms with Gasteiger partial charge in [-0.05, 0) is 118 Å². The number of alkyl halides is 1. The largest absolute Gasteiger partial charge is 0.488 e. The monoisotopic (exact) mass is 936 g/mol. The molecular formula is C53H74FNO12. The molecule has 1 saturated carbocycles. The Balaban J connectivity index is 1.32. The Hall–Kier alpha value is -4.05. The van der Waals surface area contributed by atoms with Crippen LogP contribution < -0.4 is 4.74 Å². The van der Waals surface area contributed by atoms with Crippen molar-refractivity contribution < 1.29 is 62.2 Å². The summed E-state index contributed by atoms with van der Waals surface area (Å²) < 4.78 is 53.0. The van der Waals surface area contributed by atoms with Gasteiger partial charge in [-0.3, -0.25) is 14.4 Å². The van der Waals surface area contributed by atoms with Crippen LogP contribution in [0.5, 0.6) is 5.75 Å². The zero-order valence-corrected chi connectivity index (χ0v) is 40.9. The van der Waals surface area contributed by atoms with Crippen molar-refractivity contribution >= 4 is 34.2 Å². The number of ketones is 2. The summed E-state index contributed by atoms with van der Waals surface area (Å²) >= 11 is 0. The average Bonchev–Trinajstić information content (AvgIpc) is 3.33. The number of carbonyl (C=O) groups excluding carboxylic acids is 4. The summed E-state index contributed by atoms with van der Waals surface area (Å²) in [5.41, 5.74) is 0.982. The Morgan fingerprint density at radius 1 is 0.896 bits per heavy atom. The number of methoxy groups -OCH3 is 3. The van der Waals surface area contributed by atoms with Crippen LogP contribution in [-0.2, 0) is 42.9 Å². The molecule has 4 aliphatic rings. The molecule has 0 radical (unpaired) electrons. The second-order valence-electron chi connectivity index (χ2n) is 19.7. The third-order valence-corrected chi connectivity index (χ3v) is 15.1. The van der Waals surface area contributed by atoms with E-state index in [1.54, 1.807) is 40.9 Å². The number of hydrogen-bond acceptors (Lipinski definition) is 12. The molecule has 1 amide bonds. The Morgan fingerprint density at radius 3 is 2.27 bits per heavy atom. The Kier molecular flexibility index (Phi) is 18.0. The minimum atomic E-state index is -2.61. The topological polar surface area (TPSA) is 167 Å². The van der Waals surface area contributed by atoms with Gasteiger partial charge in [-0.1, -0.05) is 70.2 Å². The lowest BCUT2D eigenvalue weighted by Gasteiger charge is -2.47. The van der Waals surface area contributed by atoms with Gasteiger partial charge in [0.2, 0.25) is 5.79 Å². The van der Waals surface area contributed by atoms with E-state index < -0.39 is 89.9 Å². The maximum Gasteiger partial charge on any atom is 0.329 e. The van der Waals surface area contributed by atoms with Crippen LogP contribution in [0.2, 0.25) is 0 Å². The lowest BCUT2D eigenvalue weighted by Crippen LogP contribution is -2.64. The zero-order chi connectivity index (χ0) is 48.7. The van der Waals surface area contributed by atoms with Crippen LogP contribution in [0.25, 0.3) is 10.8 Å². The molecule has 370 valence electrons. The number of hydrogen-bond donors (Lipinski definition) is 2. The molecule has 3 fully saturated rings. The van der Waals surface area contributed by atoms with Crippen molar-refractivity contribution in [1.29, 1.82) is 0 Å². The first-order chi connectivity index (χ1) is 31.9. The maximum absolute atomic E-state index is 16.4. The highest BCUT2D eigenvalue weighted by Crippen LogP contribution is 2.40. The van der Waals surface area contributed by atoms with Gasteiger partial charge in [-0.25, -0.2) is 9.18 Å². The summed E-state index contributed by atoms with van der Waals surface area (Å²) in [6.45, 7) is 10.4. The van der Waals surface area contributed by atoms with Crippen LogP contribution in [0, 0.1) is 29.6 Å². The van der Waals surface area contributed by atoms with Crippen molar-refractivity contribution in [2.45, 2.75) is 166 Å². The Bertz CT molecular complexity index is 2110. The lowest BCUT2D eigenvalue weighted by atomic mass is 9.81. The van der Waals surface area contributed by atoms with Crippen molar-refractivity contribution in [2.24, 2.45) is 29.6 Å². The number of carbonyl (C=O) groups is 4. The van der Waals surface area contributed by atoms with Gasteiger partial charge < -0.3 is 43.5 Å². The van der Waals surface area contributed by atoms with E-state index in [4.69, 9.17) is 28.4 Å². The predicted molar refractivity (Wildman–Crippen MR) is 251 cm³/mol. The first-order valence-electron chi connectivity index (χ1n) is 24.4. The van der Waals surface area contributed by atoms with Gasteiger partial charge in [0.05, 0.1) is 24.4 Å². The van der Waals surface area contributed by atoms with E-state index in [0.717, 1.165) is 27.8 Å². The van der Waals surface area contributed by atoms with E-state index in [9.17, 15) is 29.4 Å². The number of amides is 1. The smallest absolute Gasteiger partial charge is 0.329 e. The van der Waals surface area contributed by atoms with Crippen molar-refractivity contribution in [3.63, 3.8) is 0 Å². The summed E-state index contributed by atoms with van der Waals surface area (Å²) in [6, 6.07) is 12.9. The number of esters is 1. The van der Waals surface area contributed by atoms with Crippen LogP contribution >= 0.6 is 0 Å². The van der Waals surface area contributed by atoms with E-state index in [2.05, 4.69) is 6.07 Å². The molecule has 2 aromatic rings. The van der Waals surface area contributed by atoms with Gasteiger partial charge in [0.15, 0.2) is 0 Å². The Labute approximate surface area is 395 Å². The fourth-order valence-corrected chi connectivity index (χ4v) is 10.8. The highest BCUT2D eigenvalue weighted by molar-refractivity contribution is 6.39. The second-order valence-corrected chi connectivity index (χ2v) is 19.7. The van der Waals surface area contributed by atoms with E-state index >= 15 is 4.39 Å². The first-order valence-corrected chi connectivity index (χ1v) is 24.4. The number of ether oxygens (including phenoxy) is 6. The first kappa shape index (κ1) is 52.3. The summed E-state index contributed by atoms with van der Waals surface area (Å²) in [6.07, 6.45) is 0.349. The predicted octanol–water partition coefficient (Wildman–Crippen LogP) is 7.66. The van der Waals surface area contributed by atoms with Gasteiger partial charge in [-0.2, -0.15) is 0 Å². The number of allylic oxidation sites excluding steroid dienone is 3. The van der Waals surface area contributed by atoms with Gasteiger partial charge in [0.25, 0.3) is 11.7 Å². The standard InChI is InChI=1S/C53H74FNO12/c1-10-36-24-30(2)47(54)31(3)25-45(63-8)49-46(64-9)26-33(5)53(61,67-49)50(58)51(59)55-22-14-13-17-40(55)52(60)66-48(34(6)41(56)29-42(36)57)32(4)23-35-18-21-43(44(27-35)62-7)65-39-20-19-37-15-11-12-16-38(37)28-39/h11-12,15-16,19-20,23-24,28,31,33-36,40-41,43-49,56,61H,10,13-14,17-18,21-22,25-27,29H2,1-9H3/b30-24+,32-23?. The van der Waals surface area contributed by atoms with Crippen LogP contribution in [0.3, 0.4) is 0 Å². The number of aliphatic hydroxyl groups excluding tert-OH is 1. The molecule has 15 atom stereocenters. The summed E-state index contributed by atoms with van der Waals surface area (Å²) in [7, 11) is 4.55. The van der Waals surface area contributed by atoms with Crippen LogP contribution in [-0.4, -0.2) is 127 Å². The molecule has 2 aromatic carbocycles. The molecule has 14 heteroatoms. The molecule has 2 N–H and O–H groups in total. The molecular weight excluding hydrogens is 862 g/mol. The maximum atomic E-state index is 16.4. The summed E-state index contributed by atoms with van der Waals surface area (Å²) in [5, 5.41) is 26.2. The normalized spacial score (nSPS) is 37.8. The molecule has 67 heavy (non-hydrogen) atoms. The second kappa shape index (κ2) is 23.0. The molecule has 0 spiro atoms. The fourth-order valence-electron chi connectivity index (χ4n) is 10.8.